The molecule has 1 rings (SSSR count). The zero-order chi connectivity index (χ0) is 12.0. The Bertz CT molecular complexity index is 340. The van der Waals surface area contributed by atoms with Crippen molar-refractivity contribution in [2.75, 3.05) is 6.54 Å². The molecule has 0 saturated heterocycles. The molecule has 0 saturated carbocycles. The Morgan fingerprint density at radius 1 is 1.62 bits per heavy atom. The van der Waals surface area contributed by atoms with Gasteiger partial charge in [0.1, 0.15) is 5.69 Å². The van der Waals surface area contributed by atoms with E-state index in [0.29, 0.717) is 12.2 Å². The van der Waals surface area contributed by atoms with Crippen molar-refractivity contribution in [1.82, 2.24) is 10.3 Å². The van der Waals surface area contributed by atoms with E-state index in [9.17, 15) is 4.79 Å². The van der Waals surface area contributed by atoms with Crippen LogP contribution in [0.1, 0.15) is 30.3 Å². The van der Waals surface area contributed by atoms with Gasteiger partial charge >= 0.3 is 0 Å². The van der Waals surface area contributed by atoms with Crippen molar-refractivity contribution in [3.8, 4) is 0 Å². The van der Waals surface area contributed by atoms with Crippen molar-refractivity contribution in [2.24, 2.45) is 5.73 Å². The topological polar surface area (TPSA) is 68.0 Å². The Labute approximate surface area is 104 Å². The smallest absolute Gasteiger partial charge is 0.270 e. The summed E-state index contributed by atoms with van der Waals surface area (Å²) >= 11 is 3.27. The molecule has 0 bridgehead atoms. The number of hydrogen-bond donors (Lipinski definition) is 2. The molecule has 88 valence electrons. The summed E-state index contributed by atoms with van der Waals surface area (Å²) in [5.74, 6) is -0.170. The summed E-state index contributed by atoms with van der Waals surface area (Å²) in [5, 5.41) is 2.86. The highest BCUT2D eigenvalue weighted by molar-refractivity contribution is 9.10. The number of hydrogen-bond acceptors (Lipinski definition) is 3. The van der Waals surface area contributed by atoms with Crippen molar-refractivity contribution >= 4 is 21.8 Å². The maximum absolute atomic E-state index is 11.8. The second kappa shape index (κ2) is 6.60. The van der Waals surface area contributed by atoms with Gasteiger partial charge in [0.25, 0.3) is 5.91 Å². The second-order valence-electron chi connectivity index (χ2n) is 3.56. The molecule has 1 heterocycles. The first-order valence-electron chi connectivity index (χ1n) is 5.29. The molecule has 1 aromatic heterocycles. The summed E-state index contributed by atoms with van der Waals surface area (Å²) in [6.07, 6.45) is 3.49. The number of carbonyl (C=O) groups excluding carboxylic acids is 1. The lowest BCUT2D eigenvalue weighted by atomic mass is 10.1. The van der Waals surface area contributed by atoms with E-state index in [1.807, 2.05) is 0 Å². The first-order chi connectivity index (χ1) is 7.67. The predicted octanol–water partition coefficient (Wildman–Crippen LogP) is 1.70. The van der Waals surface area contributed by atoms with Gasteiger partial charge in [-0.25, -0.2) is 4.98 Å². The molecular formula is C11H16BrN3O. The predicted molar refractivity (Wildman–Crippen MR) is 67.2 cm³/mol. The summed E-state index contributed by atoms with van der Waals surface area (Å²) in [4.78, 5) is 15.8. The number of pyridine rings is 1. The molecule has 0 aliphatic carbocycles. The van der Waals surface area contributed by atoms with Crippen LogP contribution in [-0.4, -0.2) is 23.5 Å². The molecule has 0 radical (unpaired) electrons. The van der Waals surface area contributed by atoms with Crippen LogP contribution in [0.25, 0.3) is 0 Å². The van der Waals surface area contributed by atoms with E-state index in [0.717, 1.165) is 17.3 Å². The number of aromatic nitrogens is 1. The number of rotatable bonds is 5. The normalized spacial score (nSPS) is 12.2. The average molecular weight is 286 g/mol. The van der Waals surface area contributed by atoms with Gasteiger partial charge in [0, 0.05) is 23.3 Å². The van der Waals surface area contributed by atoms with Gasteiger partial charge in [-0.1, -0.05) is 13.3 Å². The number of nitrogens with two attached hydrogens (primary N) is 1. The lowest BCUT2D eigenvalue weighted by Gasteiger charge is -2.15. The number of amides is 1. The molecule has 0 spiro atoms. The van der Waals surface area contributed by atoms with Crippen LogP contribution in [-0.2, 0) is 0 Å². The molecule has 16 heavy (non-hydrogen) atoms. The van der Waals surface area contributed by atoms with Gasteiger partial charge in [-0.2, -0.15) is 0 Å². The standard InChI is InChI=1S/C11H16BrN3O/c1-2-3-9(6-13)15-11(16)10-5-4-8(12)7-14-10/h4-5,7,9H,2-3,6,13H2,1H3,(H,15,16). The minimum atomic E-state index is -0.170. The van der Waals surface area contributed by atoms with Crippen molar-refractivity contribution in [2.45, 2.75) is 25.8 Å². The lowest BCUT2D eigenvalue weighted by Crippen LogP contribution is -2.40. The van der Waals surface area contributed by atoms with Crippen LogP contribution in [0.5, 0.6) is 0 Å². The van der Waals surface area contributed by atoms with E-state index >= 15 is 0 Å². The summed E-state index contributed by atoms with van der Waals surface area (Å²) in [6, 6.07) is 3.50. The SMILES string of the molecule is CCCC(CN)NC(=O)c1ccc(Br)cn1. The van der Waals surface area contributed by atoms with Gasteiger partial charge < -0.3 is 11.1 Å². The van der Waals surface area contributed by atoms with Crippen LogP contribution in [0, 0.1) is 0 Å². The highest BCUT2D eigenvalue weighted by Crippen LogP contribution is 2.07. The fourth-order valence-electron chi connectivity index (χ4n) is 1.37. The molecule has 1 atom stereocenters. The zero-order valence-electron chi connectivity index (χ0n) is 9.24. The number of carbonyl (C=O) groups is 1. The summed E-state index contributed by atoms with van der Waals surface area (Å²) in [6.45, 7) is 2.52. The van der Waals surface area contributed by atoms with E-state index in [1.54, 1.807) is 18.3 Å². The molecule has 4 nitrogen and oxygen atoms in total. The van der Waals surface area contributed by atoms with Gasteiger partial charge in [-0.05, 0) is 34.5 Å². The van der Waals surface area contributed by atoms with E-state index in [1.165, 1.54) is 0 Å². The van der Waals surface area contributed by atoms with E-state index in [-0.39, 0.29) is 11.9 Å². The quantitative estimate of drug-likeness (QED) is 0.865. The fraction of sp³-hybridized carbons (Fsp3) is 0.455. The number of halogens is 1. The van der Waals surface area contributed by atoms with Crippen LogP contribution in [0.4, 0.5) is 0 Å². The fourth-order valence-corrected chi connectivity index (χ4v) is 1.60. The third-order valence-electron chi connectivity index (χ3n) is 2.22. The molecule has 3 N–H and O–H groups in total. The van der Waals surface area contributed by atoms with Crippen molar-refractivity contribution in [3.63, 3.8) is 0 Å². The molecule has 5 heteroatoms. The largest absolute Gasteiger partial charge is 0.347 e. The molecule has 0 fully saturated rings. The highest BCUT2D eigenvalue weighted by atomic mass is 79.9. The number of nitrogens with zero attached hydrogens (tertiary/aromatic N) is 1. The first-order valence-corrected chi connectivity index (χ1v) is 6.09. The van der Waals surface area contributed by atoms with Gasteiger partial charge in [0.05, 0.1) is 0 Å². The Hall–Kier alpha value is -0.940. The van der Waals surface area contributed by atoms with Crippen molar-refractivity contribution in [3.05, 3.63) is 28.5 Å². The monoisotopic (exact) mass is 285 g/mol. The maximum Gasteiger partial charge on any atom is 0.270 e. The molecule has 1 unspecified atom stereocenters. The Balaban J connectivity index is 2.60. The zero-order valence-corrected chi connectivity index (χ0v) is 10.8. The average Bonchev–Trinajstić information content (AvgIpc) is 2.29. The van der Waals surface area contributed by atoms with Crippen LogP contribution in [0.15, 0.2) is 22.8 Å². The summed E-state index contributed by atoms with van der Waals surface area (Å²) in [7, 11) is 0. The van der Waals surface area contributed by atoms with Gasteiger partial charge in [-0.3, -0.25) is 4.79 Å². The summed E-state index contributed by atoms with van der Waals surface area (Å²) < 4.78 is 0.855. The van der Waals surface area contributed by atoms with Crippen molar-refractivity contribution in [1.29, 1.82) is 0 Å². The van der Waals surface area contributed by atoms with Gasteiger partial charge in [-0.15, -0.1) is 0 Å². The van der Waals surface area contributed by atoms with Gasteiger partial charge in [0.2, 0.25) is 0 Å². The minimum Gasteiger partial charge on any atom is -0.347 e. The van der Waals surface area contributed by atoms with Crippen LogP contribution in [0.3, 0.4) is 0 Å². The lowest BCUT2D eigenvalue weighted by molar-refractivity contribution is 0.0931. The molecular weight excluding hydrogens is 270 g/mol. The van der Waals surface area contributed by atoms with E-state index < -0.39 is 0 Å². The van der Waals surface area contributed by atoms with Gasteiger partial charge in [0.15, 0.2) is 0 Å². The summed E-state index contributed by atoms with van der Waals surface area (Å²) in [5.41, 5.74) is 5.98. The highest BCUT2D eigenvalue weighted by Gasteiger charge is 2.12. The Morgan fingerprint density at radius 2 is 2.38 bits per heavy atom. The van der Waals surface area contributed by atoms with Crippen molar-refractivity contribution < 1.29 is 4.79 Å². The van der Waals surface area contributed by atoms with Crippen LogP contribution < -0.4 is 11.1 Å². The Morgan fingerprint density at radius 3 is 2.88 bits per heavy atom. The maximum atomic E-state index is 11.8. The van der Waals surface area contributed by atoms with Crippen LogP contribution in [0.2, 0.25) is 0 Å². The Kier molecular flexibility index (Phi) is 5.42. The number of nitrogens with one attached hydrogen (secondary N) is 1. The molecule has 0 aliphatic rings. The third kappa shape index (κ3) is 3.90. The minimum absolute atomic E-state index is 0.0305. The van der Waals surface area contributed by atoms with E-state index in [2.05, 4.69) is 33.2 Å². The van der Waals surface area contributed by atoms with E-state index in [4.69, 9.17) is 5.73 Å². The molecule has 1 amide bonds. The molecule has 0 aromatic carbocycles. The van der Waals surface area contributed by atoms with Crippen LogP contribution >= 0.6 is 15.9 Å². The molecule has 0 aliphatic heterocycles. The molecule has 1 aromatic rings. The third-order valence-corrected chi connectivity index (χ3v) is 2.69. The first kappa shape index (κ1) is 13.1. The second-order valence-corrected chi connectivity index (χ2v) is 4.47.